The Bertz CT molecular complexity index is 233. The summed E-state index contributed by atoms with van der Waals surface area (Å²) in [5.74, 6) is -0.464. The number of carbonyl (C=O) groups excluding carboxylic acids is 2. The minimum Gasteiger partial charge on any atom is -0.469 e. The summed E-state index contributed by atoms with van der Waals surface area (Å²) in [6.45, 7) is 0.672. The Labute approximate surface area is 95.7 Å². The van der Waals surface area contributed by atoms with Gasteiger partial charge in [-0.15, -0.1) is 0 Å². The van der Waals surface area contributed by atoms with E-state index in [9.17, 15) is 9.59 Å². The van der Waals surface area contributed by atoms with Gasteiger partial charge in [0.1, 0.15) is 6.04 Å². The lowest BCUT2D eigenvalue weighted by Crippen LogP contribution is -2.44. The Morgan fingerprint density at radius 2 is 2.00 bits per heavy atom. The summed E-state index contributed by atoms with van der Waals surface area (Å²) in [5.41, 5.74) is 5.58. The van der Waals surface area contributed by atoms with E-state index in [1.807, 2.05) is 0 Å². The maximum Gasteiger partial charge on any atom is 0.305 e. The molecule has 1 atom stereocenters. The Morgan fingerprint density at radius 3 is 2.50 bits per heavy atom. The van der Waals surface area contributed by atoms with Crippen molar-refractivity contribution in [1.29, 1.82) is 0 Å². The minimum absolute atomic E-state index is 0.188. The molecule has 94 valence electrons. The van der Waals surface area contributed by atoms with Crippen LogP contribution in [0.3, 0.4) is 0 Å². The fourth-order valence-corrected chi connectivity index (χ4v) is 1.21. The number of likely N-dealkylation sites (N-methyl/N-ethyl adjacent to an activating group) is 1. The van der Waals surface area contributed by atoms with Crippen molar-refractivity contribution in [2.24, 2.45) is 5.73 Å². The van der Waals surface area contributed by atoms with Crippen molar-refractivity contribution >= 4 is 11.9 Å². The smallest absolute Gasteiger partial charge is 0.305 e. The second-order valence-corrected chi connectivity index (χ2v) is 3.50. The van der Waals surface area contributed by atoms with E-state index in [1.165, 1.54) is 19.1 Å². The van der Waals surface area contributed by atoms with E-state index in [4.69, 9.17) is 10.5 Å². The summed E-state index contributed by atoms with van der Waals surface area (Å²) < 4.78 is 9.28. The number of esters is 1. The number of rotatable bonds is 7. The third-order valence-corrected chi connectivity index (χ3v) is 2.14. The Balaban J connectivity index is 3.83. The average Bonchev–Trinajstić information content (AvgIpc) is 2.27. The third kappa shape index (κ3) is 5.67. The SMILES string of the molecule is COCC(N)C(=O)N(C)CCCC(=O)OC. The van der Waals surface area contributed by atoms with Crippen LogP contribution in [0.15, 0.2) is 0 Å². The fourth-order valence-electron chi connectivity index (χ4n) is 1.21. The lowest BCUT2D eigenvalue weighted by molar-refractivity contribution is -0.141. The molecule has 0 aromatic heterocycles. The van der Waals surface area contributed by atoms with Gasteiger partial charge in [-0.25, -0.2) is 0 Å². The molecule has 6 heteroatoms. The highest BCUT2D eigenvalue weighted by Crippen LogP contribution is 1.97. The molecule has 0 saturated heterocycles. The molecule has 0 aromatic rings. The first-order valence-corrected chi connectivity index (χ1v) is 5.09. The van der Waals surface area contributed by atoms with Gasteiger partial charge in [0.25, 0.3) is 0 Å². The van der Waals surface area contributed by atoms with Gasteiger partial charge in [-0.05, 0) is 6.42 Å². The number of carbonyl (C=O) groups is 2. The maximum atomic E-state index is 11.6. The number of hydrogen-bond donors (Lipinski definition) is 1. The van der Waals surface area contributed by atoms with Crippen molar-refractivity contribution in [2.75, 3.05) is 34.4 Å². The zero-order chi connectivity index (χ0) is 12.6. The van der Waals surface area contributed by atoms with Gasteiger partial charge in [0.05, 0.1) is 13.7 Å². The van der Waals surface area contributed by atoms with E-state index in [1.54, 1.807) is 7.05 Å². The van der Waals surface area contributed by atoms with Crippen LogP contribution in [0.25, 0.3) is 0 Å². The topological polar surface area (TPSA) is 81.9 Å². The van der Waals surface area contributed by atoms with Crippen molar-refractivity contribution < 1.29 is 19.1 Å². The van der Waals surface area contributed by atoms with E-state index < -0.39 is 6.04 Å². The molecule has 0 saturated carbocycles. The third-order valence-electron chi connectivity index (χ3n) is 2.14. The normalized spacial score (nSPS) is 12.0. The highest BCUT2D eigenvalue weighted by Gasteiger charge is 2.17. The number of methoxy groups -OCH3 is 2. The summed E-state index contributed by atoms with van der Waals surface area (Å²) in [6, 6.07) is -0.645. The molecule has 0 aromatic carbocycles. The van der Waals surface area contributed by atoms with Crippen LogP contribution in [0.1, 0.15) is 12.8 Å². The second kappa shape index (κ2) is 8.06. The first kappa shape index (κ1) is 14.9. The molecule has 0 fully saturated rings. The van der Waals surface area contributed by atoms with E-state index >= 15 is 0 Å². The van der Waals surface area contributed by atoms with E-state index in [0.717, 1.165) is 0 Å². The van der Waals surface area contributed by atoms with Gasteiger partial charge in [0.2, 0.25) is 5.91 Å². The van der Waals surface area contributed by atoms with Crippen LogP contribution in [0.4, 0.5) is 0 Å². The molecule has 0 aliphatic carbocycles. The van der Waals surface area contributed by atoms with Crippen molar-refractivity contribution in [1.82, 2.24) is 4.90 Å². The molecule has 1 amide bonds. The highest BCUT2D eigenvalue weighted by atomic mass is 16.5. The van der Waals surface area contributed by atoms with Crippen molar-refractivity contribution in [3.63, 3.8) is 0 Å². The van der Waals surface area contributed by atoms with Gasteiger partial charge in [-0.3, -0.25) is 9.59 Å². The van der Waals surface area contributed by atoms with E-state index in [2.05, 4.69) is 4.74 Å². The quantitative estimate of drug-likeness (QED) is 0.591. The number of nitrogens with two attached hydrogens (primary N) is 1. The largest absolute Gasteiger partial charge is 0.469 e. The van der Waals surface area contributed by atoms with Crippen LogP contribution in [-0.4, -0.2) is 57.2 Å². The molecule has 16 heavy (non-hydrogen) atoms. The monoisotopic (exact) mass is 232 g/mol. The van der Waals surface area contributed by atoms with Crippen LogP contribution in [0, 0.1) is 0 Å². The molecular formula is C10H20N2O4. The second-order valence-electron chi connectivity index (χ2n) is 3.50. The van der Waals surface area contributed by atoms with Gasteiger partial charge in [-0.1, -0.05) is 0 Å². The highest BCUT2D eigenvalue weighted by molar-refractivity contribution is 5.81. The first-order valence-electron chi connectivity index (χ1n) is 5.09. The Morgan fingerprint density at radius 1 is 1.38 bits per heavy atom. The van der Waals surface area contributed by atoms with Crippen molar-refractivity contribution in [3.8, 4) is 0 Å². The fraction of sp³-hybridized carbons (Fsp3) is 0.800. The predicted molar refractivity (Wildman–Crippen MR) is 58.7 cm³/mol. The molecule has 0 rings (SSSR count). The van der Waals surface area contributed by atoms with E-state index in [-0.39, 0.29) is 18.5 Å². The van der Waals surface area contributed by atoms with Crippen molar-refractivity contribution in [3.05, 3.63) is 0 Å². The van der Waals surface area contributed by atoms with Crippen LogP contribution < -0.4 is 5.73 Å². The Hall–Kier alpha value is -1.14. The van der Waals surface area contributed by atoms with Gasteiger partial charge >= 0.3 is 5.97 Å². The zero-order valence-corrected chi connectivity index (χ0v) is 10.1. The van der Waals surface area contributed by atoms with E-state index in [0.29, 0.717) is 19.4 Å². The molecule has 0 aliphatic rings. The van der Waals surface area contributed by atoms with Crippen LogP contribution in [-0.2, 0) is 19.1 Å². The standard InChI is InChI=1S/C10H20N2O4/c1-12(6-4-5-9(13)16-3)10(14)8(11)7-15-2/h8H,4-7,11H2,1-3H3. The molecule has 2 N–H and O–H groups in total. The zero-order valence-electron chi connectivity index (χ0n) is 10.1. The lowest BCUT2D eigenvalue weighted by atomic mass is 10.2. The van der Waals surface area contributed by atoms with Crippen molar-refractivity contribution in [2.45, 2.75) is 18.9 Å². The van der Waals surface area contributed by atoms with Gasteiger partial charge in [0.15, 0.2) is 0 Å². The molecular weight excluding hydrogens is 212 g/mol. The van der Waals surface area contributed by atoms with Gasteiger partial charge in [-0.2, -0.15) is 0 Å². The lowest BCUT2D eigenvalue weighted by Gasteiger charge is -2.20. The predicted octanol–water partition coefficient (Wildman–Crippen LogP) is -0.628. The van der Waals surface area contributed by atoms with Gasteiger partial charge < -0.3 is 20.1 Å². The van der Waals surface area contributed by atoms with Crippen LogP contribution in [0.5, 0.6) is 0 Å². The molecule has 1 unspecified atom stereocenters. The Kier molecular flexibility index (Phi) is 7.49. The minimum atomic E-state index is -0.645. The summed E-state index contributed by atoms with van der Waals surface area (Å²) >= 11 is 0. The molecule has 0 heterocycles. The summed E-state index contributed by atoms with van der Waals surface area (Å²) in [4.78, 5) is 23.9. The molecule has 0 aliphatic heterocycles. The number of amides is 1. The molecule has 0 spiro atoms. The molecule has 6 nitrogen and oxygen atoms in total. The number of nitrogens with zero attached hydrogens (tertiary/aromatic N) is 1. The summed E-state index contributed by atoms with van der Waals surface area (Å²) in [7, 11) is 4.48. The molecule has 0 bridgehead atoms. The first-order chi connectivity index (χ1) is 7.52. The van der Waals surface area contributed by atoms with Crippen LogP contribution in [0.2, 0.25) is 0 Å². The summed E-state index contributed by atoms with van der Waals surface area (Å²) in [6.07, 6.45) is 0.863. The molecule has 0 radical (unpaired) electrons. The maximum absolute atomic E-state index is 11.6. The average molecular weight is 232 g/mol. The summed E-state index contributed by atoms with van der Waals surface area (Å²) in [5, 5.41) is 0. The number of hydrogen-bond acceptors (Lipinski definition) is 5. The van der Waals surface area contributed by atoms with Gasteiger partial charge in [0, 0.05) is 27.1 Å². The van der Waals surface area contributed by atoms with Crippen LogP contribution >= 0.6 is 0 Å². The number of ether oxygens (including phenoxy) is 2.